The molecule has 3 heterocycles. The lowest BCUT2D eigenvalue weighted by molar-refractivity contribution is -0.386. The summed E-state index contributed by atoms with van der Waals surface area (Å²) in [4.78, 5) is 18.5. The summed E-state index contributed by atoms with van der Waals surface area (Å²) in [6, 6.07) is 4.20. The van der Waals surface area contributed by atoms with E-state index in [1.807, 2.05) is 19.9 Å². The number of anilines is 1. The lowest BCUT2D eigenvalue weighted by atomic mass is 9.96. The van der Waals surface area contributed by atoms with Crippen molar-refractivity contribution in [1.29, 1.82) is 0 Å². The first kappa shape index (κ1) is 18.5. The van der Waals surface area contributed by atoms with E-state index < -0.39 is 0 Å². The Bertz CT molecular complexity index is 720. The molecule has 0 bridgehead atoms. The fourth-order valence-corrected chi connectivity index (χ4v) is 4.73. The van der Waals surface area contributed by atoms with Gasteiger partial charge in [0.15, 0.2) is 0 Å². The highest BCUT2D eigenvalue weighted by atomic mass is 16.6. The number of hydrogen-bond donors (Lipinski definition) is 0. The molecule has 0 radical (unpaired) electrons. The minimum Gasteiger partial charge on any atom is -0.480 e. The fourth-order valence-electron chi connectivity index (χ4n) is 4.73. The van der Waals surface area contributed by atoms with Crippen LogP contribution in [0.15, 0.2) is 12.1 Å². The van der Waals surface area contributed by atoms with Gasteiger partial charge in [0.1, 0.15) is 5.60 Å². The maximum atomic E-state index is 11.4. The average molecular weight is 374 g/mol. The summed E-state index contributed by atoms with van der Waals surface area (Å²) in [6.07, 6.45) is 3.02. The average Bonchev–Trinajstić information content (AvgIpc) is 2.96. The highest BCUT2D eigenvalue weighted by Crippen LogP contribution is 2.46. The summed E-state index contributed by atoms with van der Waals surface area (Å²) >= 11 is 0. The van der Waals surface area contributed by atoms with Gasteiger partial charge in [-0.2, -0.15) is 0 Å². The van der Waals surface area contributed by atoms with Crippen molar-refractivity contribution in [3.8, 4) is 5.75 Å². The third-order valence-corrected chi connectivity index (χ3v) is 6.25. The summed E-state index contributed by atoms with van der Waals surface area (Å²) in [5.41, 5.74) is 1.83. The first-order chi connectivity index (χ1) is 12.8. The second-order valence-electron chi connectivity index (χ2n) is 8.76. The molecule has 7 heteroatoms. The zero-order valence-corrected chi connectivity index (χ0v) is 16.6. The number of nitro benzene ring substituents is 1. The Balaban J connectivity index is 1.49. The van der Waals surface area contributed by atoms with Crippen LogP contribution < -0.4 is 9.64 Å². The molecule has 0 N–H and O–H groups in total. The summed E-state index contributed by atoms with van der Waals surface area (Å²) in [6.45, 7) is 10.6. The van der Waals surface area contributed by atoms with E-state index in [4.69, 9.17) is 4.74 Å². The highest BCUT2D eigenvalue weighted by molar-refractivity contribution is 5.68. The number of nitro groups is 1. The van der Waals surface area contributed by atoms with E-state index in [1.165, 1.54) is 0 Å². The molecule has 4 rings (SSSR count). The number of benzene rings is 1. The number of rotatable bonds is 3. The van der Waals surface area contributed by atoms with Crippen LogP contribution in [0.2, 0.25) is 0 Å². The summed E-state index contributed by atoms with van der Waals surface area (Å²) < 4.78 is 5.96. The van der Waals surface area contributed by atoms with Crippen LogP contribution in [0.4, 0.5) is 11.4 Å². The smallest absolute Gasteiger partial charge is 0.311 e. The van der Waals surface area contributed by atoms with Crippen LogP contribution in [0.5, 0.6) is 5.75 Å². The van der Waals surface area contributed by atoms with Gasteiger partial charge in [-0.3, -0.25) is 15.0 Å². The molecule has 0 unspecified atom stereocenters. The van der Waals surface area contributed by atoms with E-state index in [0.29, 0.717) is 11.8 Å². The number of fused-ring (bicyclic) bond motifs is 1. The van der Waals surface area contributed by atoms with Crippen LogP contribution in [-0.4, -0.2) is 72.7 Å². The topological polar surface area (TPSA) is 62.1 Å². The maximum absolute atomic E-state index is 11.4. The largest absolute Gasteiger partial charge is 0.480 e. The lowest BCUT2D eigenvalue weighted by Gasteiger charge is -2.42. The first-order valence-corrected chi connectivity index (χ1v) is 10.0. The van der Waals surface area contributed by atoms with Crippen LogP contribution in [0.3, 0.4) is 0 Å². The molecule has 0 amide bonds. The first-order valence-electron chi connectivity index (χ1n) is 10.0. The molecule has 2 fully saturated rings. The molecule has 0 atom stereocenters. The molecule has 0 saturated carbocycles. The Labute approximate surface area is 161 Å². The van der Waals surface area contributed by atoms with Crippen molar-refractivity contribution in [2.75, 3.05) is 51.2 Å². The third-order valence-electron chi connectivity index (χ3n) is 6.25. The van der Waals surface area contributed by atoms with Gasteiger partial charge in [-0.15, -0.1) is 0 Å². The SMILES string of the molecule is CN1CCN(C2CCN(c3ccc([N+](=O)[O-])c4c3CC(C)(C)O4)CC2)CC1. The van der Waals surface area contributed by atoms with E-state index >= 15 is 0 Å². The Kier molecular flexibility index (Phi) is 4.76. The van der Waals surface area contributed by atoms with Crippen molar-refractivity contribution in [2.24, 2.45) is 0 Å². The van der Waals surface area contributed by atoms with Crippen LogP contribution >= 0.6 is 0 Å². The maximum Gasteiger partial charge on any atom is 0.311 e. The second-order valence-corrected chi connectivity index (χ2v) is 8.76. The molecule has 1 aromatic rings. The molecule has 148 valence electrons. The number of piperazine rings is 1. The lowest BCUT2D eigenvalue weighted by Crippen LogP contribution is -2.52. The minimum atomic E-state index is -0.388. The predicted molar refractivity (Wildman–Crippen MR) is 106 cm³/mol. The molecule has 3 aliphatic heterocycles. The van der Waals surface area contributed by atoms with E-state index in [1.54, 1.807) is 6.07 Å². The number of hydrogen-bond acceptors (Lipinski definition) is 6. The molecule has 2 saturated heterocycles. The minimum absolute atomic E-state index is 0.0895. The molecule has 1 aromatic carbocycles. The normalized spacial score (nSPS) is 23.9. The Morgan fingerprint density at radius 3 is 2.41 bits per heavy atom. The summed E-state index contributed by atoms with van der Waals surface area (Å²) in [7, 11) is 2.19. The van der Waals surface area contributed by atoms with E-state index in [-0.39, 0.29) is 16.2 Å². The van der Waals surface area contributed by atoms with Crippen LogP contribution in [0, 0.1) is 10.1 Å². The van der Waals surface area contributed by atoms with Gasteiger partial charge in [0.05, 0.1) is 4.92 Å². The van der Waals surface area contributed by atoms with E-state index in [2.05, 4.69) is 21.7 Å². The molecule has 0 aliphatic carbocycles. The molecule has 27 heavy (non-hydrogen) atoms. The van der Waals surface area contributed by atoms with Gasteiger partial charge in [-0.1, -0.05) is 0 Å². The third kappa shape index (κ3) is 3.62. The molecule has 0 aromatic heterocycles. The summed E-state index contributed by atoms with van der Waals surface area (Å²) in [5.74, 6) is 0.476. The molecule has 3 aliphatic rings. The van der Waals surface area contributed by atoms with Crippen molar-refractivity contribution >= 4 is 11.4 Å². The number of likely N-dealkylation sites (N-methyl/N-ethyl adjacent to an activating group) is 1. The Hall–Kier alpha value is -1.86. The monoisotopic (exact) mass is 374 g/mol. The van der Waals surface area contributed by atoms with Gasteiger partial charge in [-0.25, -0.2) is 0 Å². The molecular formula is C20H30N4O3. The fraction of sp³-hybridized carbons (Fsp3) is 0.700. The van der Waals surface area contributed by atoms with E-state index in [9.17, 15) is 10.1 Å². The Morgan fingerprint density at radius 1 is 1.11 bits per heavy atom. The quantitative estimate of drug-likeness (QED) is 0.598. The van der Waals surface area contributed by atoms with Crippen molar-refractivity contribution in [2.45, 2.75) is 44.8 Å². The van der Waals surface area contributed by atoms with Crippen LogP contribution in [0.1, 0.15) is 32.3 Å². The zero-order chi connectivity index (χ0) is 19.2. The predicted octanol–water partition coefficient (Wildman–Crippen LogP) is 2.52. The van der Waals surface area contributed by atoms with Gasteiger partial charge in [0, 0.05) is 69.0 Å². The molecule has 7 nitrogen and oxygen atoms in total. The van der Waals surface area contributed by atoms with Gasteiger partial charge in [0.25, 0.3) is 0 Å². The van der Waals surface area contributed by atoms with Gasteiger partial charge >= 0.3 is 5.69 Å². The van der Waals surface area contributed by atoms with Gasteiger partial charge in [0.2, 0.25) is 5.75 Å². The highest BCUT2D eigenvalue weighted by Gasteiger charge is 2.39. The number of nitrogens with zero attached hydrogens (tertiary/aromatic N) is 4. The van der Waals surface area contributed by atoms with Crippen molar-refractivity contribution in [3.63, 3.8) is 0 Å². The van der Waals surface area contributed by atoms with E-state index in [0.717, 1.165) is 69.8 Å². The van der Waals surface area contributed by atoms with Crippen LogP contribution in [-0.2, 0) is 6.42 Å². The zero-order valence-electron chi connectivity index (χ0n) is 16.6. The molecular weight excluding hydrogens is 344 g/mol. The van der Waals surface area contributed by atoms with Crippen molar-refractivity contribution < 1.29 is 9.66 Å². The second kappa shape index (κ2) is 6.95. The number of ether oxygens (including phenoxy) is 1. The Morgan fingerprint density at radius 2 is 1.78 bits per heavy atom. The van der Waals surface area contributed by atoms with Crippen LogP contribution in [0.25, 0.3) is 0 Å². The summed E-state index contributed by atoms with van der Waals surface area (Å²) in [5, 5.41) is 11.4. The standard InChI is InChI=1S/C20H30N4O3/c1-20(2)14-16-17(4-5-18(24(25)26)19(16)27-20)23-8-6-15(7-9-23)22-12-10-21(3)11-13-22/h4-5,15H,6-14H2,1-3H3. The number of piperidine rings is 1. The molecule has 0 spiro atoms. The van der Waals surface area contributed by atoms with Gasteiger partial charge < -0.3 is 14.5 Å². The van der Waals surface area contributed by atoms with Crippen molar-refractivity contribution in [3.05, 3.63) is 27.8 Å². The van der Waals surface area contributed by atoms with Gasteiger partial charge in [-0.05, 0) is 39.8 Å². The van der Waals surface area contributed by atoms with Crippen molar-refractivity contribution in [1.82, 2.24) is 9.80 Å².